The molecule has 1 fully saturated rings. The zero-order valence-electron chi connectivity index (χ0n) is 10.2. The van der Waals surface area contributed by atoms with Crippen LogP contribution in [0, 0.1) is 5.41 Å². The average molecular weight is 214 g/mol. The van der Waals surface area contributed by atoms with Gasteiger partial charge in [-0.1, -0.05) is 19.3 Å². The van der Waals surface area contributed by atoms with E-state index in [1.165, 1.54) is 32.1 Å². The van der Waals surface area contributed by atoms with E-state index in [0.29, 0.717) is 11.5 Å². The van der Waals surface area contributed by atoms with Crippen LogP contribution in [0.3, 0.4) is 0 Å². The van der Waals surface area contributed by atoms with Gasteiger partial charge in [-0.2, -0.15) is 0 Å². The molecule has 0 spiro atoms. The first-order valence-corrected chi connectivity index (χ1v) is 6.16. The van der Waals surface area contributed by atoms with Crippen LogP contribution in [0.4, 0.5) is 0 Å². The Kier molecular flexibility index (Phi) is 5.58. The molecule has 1 atom stereocenters. The summed E-state index contributed by atoms with van der Waals surface area (Å²) in [5.41, 5.74) is 6.28. The van der Waals surface area contributed by atoms with Crippen LogP contribution in [0.1, 0.15) is 39.0 Å². The van der Waals surface area contributed by atoms with Crippen LogP contribution in [0.25, 0.3) is 0 Å². The van der Waals surface area contributed by atoms with Gasteiger partial charge in [-0.25, -0.2) is 0 Å². The highest BCUT2D eigenvalue weighted by Crippen LogP contribution is 2.34. The quantitative estimate of drug-likeness (QED) is 0.705. The zero-order chi connectivity index (χ0) is 11.1. The van der Waals surface area contributed by atoms with Gasteiger partial charge in [-0.05, 0) is 31.7 Å². The summed E-state index contributed by atoms with van der Waals surface area (Å²) in [6.07, 6.45) is 6.95. The predicted molar refractivity (Wildman–Crippen MR) is 63.9 cm³/mol. The van der Waals surface area contributed by atoms with Crippen molar-refractivity contribution in [1.29, 1.82) is 0 Å². The summed E-state index contributed by atoms with van der Waals surface area (Å²) in [6, 6.07) is 0. The van der Waals surface area contributed by atoms with Gasteiger partial charge in [0, 0.05) is 20.2 Å². The van der Waals surface area contributed by atoms with Crippen LogP contribution in [-0.4, -0.2) is 32.8 Å². The van der Waals surface area contributed by atoms with E-state index in [9.17, 15) is 0 Å². The summed E-state index contributed by atoms with van der Waals surface area (Å²) in [6.45, 7) is 4.89. The fourth-order valence-electron chi connectivity index (χ4n) is 2.38. The van der Waals surface area contributed by atoms with Gasteiger partial charge in [0.25, 0.3) is 0 Å². The molecule has 0 aromatic heterocycles. The van der Waals surface area contributed by atoms with E-state index in [2.05, 4.69) is 12.2 Å². The molecule has 0 amide bonds. The molecule has 0 aliphatic heterocycles. The van der Waals surface area contributed by atoms with Crippen molar-refractivity contribution in [1.82, 2.24) is 5.32 Å². The summed E-state index contributed by atoms with van der Waals surface area (Å²) in [4.78, 5) is 0. The van der Waals surface area contributed by atoms with Gasteiger partial charge in [0.1, 0.15) is 0 Å². The summed E-state index contributed by atoms with van der Waals surface area (Å²) < 4.78 is 5.21. The van der Waals surface area contributed by atoms with E-state index in [4.69, 9.17) is 10.5 Å². The standard InChI is InChI=1S/C12H26N2O/c1-11(15-2)8-14-10-12(9-13)6-4-3-5-7-12/h11,14H,3-10,13H2,1-2H3. The van der Waals surface area contributed by atoms with Crippen LogP contribution in [0.15, 0.2) is 0 Å². The molecule has 0 bridgehead atoms. The molecule has 3 N–H and O–H groups in total. The van der Waals surface area contributed by atoms with Crippen molar-refractivity contribution < 1.29 is 4.74 Å². The van der Waals surface area contributed by atoms with Crippen molar-refractivity contribution in [3.05, 3.63) is 0 Å². The largest absolute Gasteiger partial charge is 0.380 e. The molecule has 0 aromatic rings. The molecule has 0 aromatic carbocycles. The van der Waals surface area contributed by atoms with Crippen molar-refractivity contribution in [2.45, 2.75) is 45.1 Å². The second-order valence-electron chi connectivity index (χ2n) is 4.94. The second-order valence-corrected chi connectivity index (χ2v) is 4.94. The summed E-state index contributed by atoms with van der Waals surface area (Å²) >= 11 is 0. The van der Waals surface area contributed by atoms with Crippen molar-refractivity contribution in [3.8, 4) is 0 Å². The van der Waals surface area contributed by atoms with E-state index >= 15 is 0 Å². The Balaban J connectivity index is 2.26. The minimum atomic E-state index is 0.295. The Morgan fingerprint density at radius 1 is 1.33 bits per heavy atom. The Bertz CT molecular complexity index is 167. The predicted octanol–water partition coefficient (Wildman–Crippen LogP) is 1.52. The summed E-state index contributed by atoms with van der Waals surface area (Å²) in [7, 11) is 1.76. The van der Waals surface area contributed by atoms with Crippen molar-refractivity contribution in [2.75, 3.05) is 26.7 Å². The van der Waals surface area contributed by atoms with Crippen molar-refractivity contribution >= 4 is 0 Å². The van der Waals surface area contributed by atoms with Gasteiger partial charge in [-0.3, -0.25) is 0 Å². The lowest BCUT2D eigenvalue weighted by Gasteiger charge is -2.36. The monoisotopic (exact) mass is 214 g/mol. The summed E-state index contributed by atoms with van der Waals surface area (Å²) in [5, 5.41) is 3.49. The molecule has 1 aliphatic carbocycles. The molecule has 3 nitrogen and oxygen atoms in total. The Labute approximate surface area is 93.8 Å². The second kappa shape index (κ2) is 6.46. The van der Waals surface area contributed by atoms with Gasteiger partial charge in [-0.15, -0.1) is 0 Å². The minimum absolute atomic E-state index is 0.295. The van der Waals surface area contributed by atoms with E-state index in [-0.39, 0.29) is 0 Å². The molecule has 3 heteroatoms. The van der Waals surface area contributed by atoms with E-state index < -0.39 is 0 Å². The first kappa shape index (κ1) is 12.9. The molecular weight excluding hydrogens is 188 g/mol. The average Bonchev–Trinajstić information content (AvgIpc) is 2.30. The van der Waals surface area contributed by atoms with Crippen LogP contribution >= 0.6 is 0 Å². The Hall–Kier alpha value is -0.120. The third-order valence-corrected chi connectivity index (χ3v) is 3.68. The van der Waals surface area contributed by atoms with Crippen LogP contribution in [0.2, 0.25) is 0 Å². The van der Waals surface area contributed by atoms with Crippen LogP contribution in [-0.2, 0) is 4.74 Å². The van der Waals surface area contributed by atoms with Crippen molar-refractivity contribution in [2.24, 2.45) is 11.1 Å². The molecule has 1 unspecified atom stereocenters. The first-order valence-electron chi connectivity index (χ1n) is 6.16. The maximum Gasteiger partial charge on any atom is 0.0667 e. The Morgan fingerprint density at radius 2 is 2.00 bits per heavy atom. The molecule has 15 heavy (non-hydrogen) atoms. The lowest BCUT2D eigenvalue weighted by atomic mass is 9.74. The Morgan fingerprint density at radius 3 is 2.53 bits per heavy atom. The molecule has 1 rings (SSSR count). The van der Waals surface area contributed by atoms with Gasteiger partial charge in [0.05, 0.1) is 6.10 Å². The van der Waals surface area contributed by atoms with E-state index in [1.807, 2.05) is 0 Å². The summed E-state index contributed by atoms with van der Waals surface area (Å²) in [5.74, 6) is 0. The maximum atomic E-state index is 5.92. The zero-order valence-corrected chi connectivity index (χ0v) is 10.2. The molecule has 0 heterocycles. The molecule has 1 saturated carbocycles. The molecule has 1 aliphatic rings. The third-order valence-electron chi connectivity index (χ3n) is 3.68. The number of ether oxygens (including phenoxy) is 1. The maximum absolute atomic E-state index is 5.92. The topological polar surface area (TPSA) is 47.3 Å². The molecular formula is C12H26N2O. The van der Waals surface area contributed by atoms with Gasteiger partial charge in [0.2, 0.25) is 0 Å². The number of hydrogen-bond donors (Lipinski definition) is 2. The fourth-order valence-corrected chi connectivity index (χ4v) is 2.38. The minimum Gasteiger partial charge on any atom is -0.380 e. The van der Waals surface area contributed by atoms with Gasteiger partial charge in [0.15, 0.2) is 0 Å². The SMILES string of the molecule is COC(C)CNCC1(CN)CCCCC1. The van der Waals surface area contributed by atoms with E-state index in [1.54, 1.807) is 7.11 Å². The third kappa shape index (κ3) is 4.09. The fraction of sp³-hybridized carbons (Fsp3) is 1.00. The normalized spacial score (nSPS) is 22.6. The van der Waals surface area contributed by atoms with Gasteiger partial charge >= 0.3 is 0 Å². The van der Waals surface area contributed by atoms with Crippen molar-refractivity contribution in [3.63, 3.8) is 0 Å². The highest BCUT2D eigenvalue weighted by Gasteiger charge is 2.29. The molecule has 0 saturated heterocycles. The van der Waals surface area contributed by atoms with Gasteiger partial charge < -0.3 is 15.8 Å². The number of hydrogen-bond acceptors (Lipinski definition) is 3. The van der Waals surface area contributed by atoms with Crippen LogP contribution < -0.4 is 11.1 Å². The smallest absolute Gasteiger partial charge is 0.0667 e. The molecule has 90 valence electrons. The molecule has 0 radical (unpaired) electrons. The number of rotatable bonds is 6. The lowest BCUT2D eigenvalue weighted by molar-refractivity contribution is 0.109. The first-order chi connectivity index (χ1) is 7.22. The number of nitrogens with one attached hydrogen (secondary N) is 1. The lowest BCUT2D eigenvalue weighted by Crippen LogP contribution is -2.43. The van der Waals surface area contributed by atoms with E-state index in [0.717, 1.165) is 19.6 Å². The van der Waals surface area contributed by atoms with Crippen LogP contribution in [0.5, 0.6) is 0 Å². The number of methoxy groups -OCH3 is 1. The highest BCUT2D eigenvalue weighted by molar-refractivity contribution is 4.85. The number of nitrogens with two attached hydrogens (primary N) is 1. The highest BCUT2D eigenvalue weighted by atomic mass is 16.5.